The van der Waals surface area contributed by atoms with Crippen LogP contribution < -0.4 is 0 Å². The maximum Gasteiger partial charge on any atom is 0.361 e. The van der Waals surface area contributed by atoms with Crippen LogP contribution in [0.1, 0.15) is 194 Å². The third kappa shape index (κ3) is 37.1. The number of carbonyl (C=O) groups excluding carboxylic acids is 2. The van der Waals surface area contributed by atoms with Gasteiger partial charge in [0.25, 0.3) is 0 Å². The van der Waals surface area contributed by atoms with E-state index in [0.717, 1.165) is 25.7 Å². The number of likely N-dealkylation sites (N-methyl/N-ethyl adjacent to an activating group) is 1. The molecule has 276 valence electrons. The molecule has 0 heterocycles. The fourth-order valence-electron chi connectivity index (χ4n) is 5.92. The second-order valence-electron chi connectivity index (χ2n) is 14.6. The summed E-state index contributed by atoms with van der Waals surface area (Å²) in [6.07, 6.45) is 44.8. The Hall–Kier alpha value is -1.62. The van der Waals surface area contributed by atoms with Crippen LogP contribution in [0.3, 0.4) is 0 Å². The quantitative estimate of drug-likeness (QED) is 0.0290. The highest BCUT2D eigenvalue weighted by atomic mass is 16.5. The second-order valence-corrected chi connectivity index (χ2v) is 14.6. The lowest BCUT2D eigenvalue weighted by Crippen LogP contribution is -2.48. The van der Waals surface area contributed by atoms with E-state index in [1.165, 1.54) is 154 Å². The first-order chi connectivity index (χ1) is 22.9. The maximum atomic E-state index is 12.3. The maximum absolute atomic E-state index is 12.3. The van der Waals surface area contributed by atoms with Crippen molar-refractivity contribution in [3.05, 3.63) is 24.3 Å². The summed E-state index contributed by atoms with van der Waals surface area (Å²) in [5.74, 6) is -0.465. The fourth-order valence-corrected chi connectivity index (χ4v) is 5.92. The highest BCUT2D eigenvalue weighted by Gasteiger charge is 2.25. The van der Waals surface area contributed by atoms with E-state index in [2.05, 4.69) is 38.2 Å². The largest absolute Gasteiger partial charge is 0.462 e. The zero-order chi connectivity index (χ0) is 34.5. The van der Waals surface area contributed by atoms with Crippen LogP contribution in [0, 0.1) is 0 Å². The van der Waals surface area contributed by atoms with E-state index in [1.807, 2.05) is 14.1 Å². The van der Waals surface area contributed by atoms with E-state index < -0.39 is 0 Å². The Labute approximate surface area is 293 Å². The zero-order valence-electron chi connectivity index (χ0n) is 32.0. The molecule has 0 amide bonds. The summed E-state index contributed by atoms with van der Waals surface area (Å²) in [6.45, 7) is 5.87. The predicted molar refractivity (Wildman–Crippen MR) is 203 cm³/mol. The Balaban J connectivity index is 3.56. The normalized spacial score (nSPS) is 12.0. The molecule has 0 saturated heterocycles. The number of nitrogens with zero attached hydrogens (tertiary/aromatic N) is 1. The highest BCUT2D eigenvalue weighted by molar-refractivity contribution is 5.73. The van der Waals surface area contributed by atoms with Crippen LogP contribution in [0.2, 0.25) is 0 Å². The highest BCUT2D eigenvalue weighted by Crippen LogP contribution is 2.12. The second kappa shape index (κ2) is 35.7. The molecule has 5 heteroatoms. The first kappa shape index (κ1) is 45.4. The minimum absolute atomic E-state index is 0.190. The predicted octanol–water partition coefficient (Wildman–Crippen LogP) is 12.2. The summed E-state index contributed by atoms with van der Waals surface area (Å²) < 4.78 is 11.2. The van der Waals surface area contributed by atoms with Gasteiger partial charge in [0.1, 0.15) is 0 Å². The van der Waals surface area contributed by atoms with Crippen LogP contribution in [0.4, 0.5) is 0 Å². The summed E-state index contributed by atoms with van der Waals surface area (Å²) >= 11 is 0. The molecule has 47 heavy (non-hydrogen) atoms. The molecule has 0 aliphatic rings. The number of rotatable bonds is 36. The monoisotopic (exact) mass is 663 g/mol. The van der Waals surface area contributed by atoms with Gasteiger partial charge in [0.15, 0.2) is 13.1 Å². The Bertz CT molecular complexity index is 685. The van der Waals surface area contributed by atoms with Gasteiger partial charge in [-0.05, 0) is 64.2 Å². The first-order valence-corrected chi connectivity index (χ1v) is 20.3. The molecule has 0 aromatic carbocycles. The Morgan fingerprint density at radius 1 is 0.404 bits per heavy atom. The van der Waals surface area contributed by atoms with Crippen LogP contribution >= 0.6 is 0 Å². The Morgan fingerprint density at radius 3 is 0.957 bits per heavy atom. The number of allylic oxidation sites excluding steroid dienone is 4. The van der Waals surface area contributed by atoms with Crippen molar-refractivity contribution in [2.24, 2.45) is 0 Å². The van der Waals surface area contributed by atoms with E-state index >= 15 is 0 Å². The fraction of sp³-hybridized carbons (Fsp3) is 0.857. The molecule has 0 bridgehead atoms. The topological polar surface area (TPSA) is 52.6 Å². The summed E-state index contributed by atoms with van der Waals surface area (Å²) in [5, 5.41) is 0. The first-order valence-electron chi connectivity index (χ1n) is 20.3. The van der Waals surface area contributed by atoms with E-state index in [1.54, 1.807) is 0 Å². The van der Waals surface area contributed by atoms with Crippen LogP contribution in [0.15, 0.2) is 24.3 Å². The lowest BCUT2D eigenvalue weighted by molar-refractivity contribution is -0.875. The molecular formula is C42H80NO4+. The molecule has 0 aromatic heterocycles. The van der Waals surface area contributed by atoms with Gasteiger partial charge >= 0.3 is 11.9 Å². The van der Waals surface area contributed by atoms with E-state index in [4.69, 9.17) is 9.47 Å². The number of carbonyl (C=O) groups is 2. The smallest absolute Gasteiger partial charge is 0.361 e. The van der Waals surface area contributed by atoms with Gasteiger partial charge in [0.05, 0.1) is 27.3 Å². The zero-order valence-corrected chi connectivity index (χ0v) is 32.0. The molecule has 0 aliphatic carbocycles. The van der Waals surface area contributed by atoms with Crippen molar-refractivity contribution in [1.29, 1.82) is 0 Å². The average Bonchev–Trinajstić information content (AvgIpc) is 3.03. The van der Waals surface area contributed by atoms with E-state index in [-0.39, 0.29) is 29.5 Å². The minimum Gasteiger partial charge on any atom is -0.462 e. The molecule has 0 radical (unpaired) electrons. The van der Waals surface area contributed by atoms with E-state index in [9.17, 15) is 9.59 Å². The van der Waals surface area contributed by atoms with Gasteiger partial charge in [-0.3, -0.25) is 0 Å². The van der Waals surface area contributed by atoms with Gasteiger partial charge < -0.3 is 14.0 Å². The van der Waals surface area contributed by atoms with Crippen LogP contribution in [-0.4, -0.2) is 56.8 Å². The van der Waals surface area contributed by atoms with Crippen molar-refractivity contribution in [2.75, 3.05) is 40.4 Å². The molecule has 0 N–H and O–H groups in total. The van der Waals surface area contributed by atoms with Gasteiger partial charge in [-0.25, -0.2) is 9.59 Å². The molecule has 0 fully saturated rings. The van der Waals surface area contributed by atoms with Gasteiger partial charge in [-0.1, -0.05) is 154 Å². The molecule has 0 saturated carbocycles. The minimum atomic E-state index is -0.233. The summed E-state index contributed by atoms with van der Waals surface area (Å²) in [6, 6.07) is 0. The van der Waals surface area contributed by atoms with Crippen LogP contribution in [0.25, 0.3) is 0 Å². The van der Waals surface area contributed by atoms with Crippen molar-refractivity contribution in [3.63, 3.8) is 0 Å². The molecule has 0 spiro atoms. The van der Waals surface area contributed by atoms with Gasteiger partial charge in [-0.15, -0.1) is 0 Å². The molecule has 0 rings (SSSR count). The lowest BCUT2D eigenvalue weighted by atomic mass is 10.1. The number of quaternary nitrogens is 1. The van der Waals surface area contributed by atoms with Crippen LogP contribution in [0.5, 0.6) is 0 Å². The third-order valence-electron chi connectivity index (χ3n) is 8.95. The van der Waals surface area contributed by atoms with Gasteiger partial charge in [0, 0.05) is 0 Å². The van der Waals surface area contributed by atoms with Gasteiger partial charge in [-0.2, -0.15) is 0 Å². The number of hydrogen-bond acceptors (Lipinski definition) is 4. The molecule has 0 aliphatic heterocycles. The SMILES string of the molecule is CCCCCCCCC=CCCCCCCCCOC(=O)C[N+](C)(C)CC(=O)OCCCCCCCCC=CCCCCCCCC. The summed E-state index contributed by atoms with van der Waals surface area (Å²) in [5.41, 5.74) is 0. The summed E-state index contributed by atoms with van der Waals surface area (Å²) in [4.78, 5) is 24.7. The molecule has 0 unspecified atom stereocenters. The van der Waals surface area contributed by atoms with E-state index in [0.29, 0.717) is 13.2 Å². The molecule has 5 nitrogen and oxygen atoms in total. The third-order valence-corrected chi connectivity index (χ3v) is 8.95. The molecule has 0 atom stereocenters. The number of esters is 2. The van der Waals surface area contributed by atoms with Crippen LogP contribution in [-0.2, 0) is 19.1 Å². The van der Waals surface area contributed by atoms with Crippen molar-refractivity contribution >= 4 is 11.9 Å². The van der Waals surface area contributed by atoms with Crippen molar-refractivity contribution < 1.29 is 23.5 Å². The van der Waals surface area contributed by atoms with Gasteiger partial charge in [0.2, 0.25) is 0 Å². The van der Waals surface area contributed by atoms with Crippen molar-refractivity contribution in [2.45, 2.75) is 194 Å². The van der Waals surface area contributed by atoms with Crippen molar-refractivity contribution in [1.82, 2.24) is 0 Å². The lowest BCUT2D eigenvalue weighted by Gasteiger charge is -2.27. The molecular weight excluding hydrogens is 582 g/mol. The average molecular weight is 663 g/mol. The van der Waals surface area contributed by atoms with Crippen molar-refractivity contribution in [3.8, 4) is 0 Å². The number of ether oxygens (including phenoxy) is 2. The number of unbranched alkanes of at least 4 members (excludes halogenated alkanes) is 24. The number of hydrogen-bond donors (Lipinski definition) is 0. The Kier molecular flexibility index (Phi) is 34.5. The molecule has 0 aromatic rings. The summed E-state index contributed by atoms with van der Waals surface area (Å²) in [7, 11) is 3.77. The standard InChI is InChI=1S/C42H80NO4/c1-5-7-9-11-13-15-17-19-21-23-25-27-29-31-33-35-37-46-41(44)39-43(3,4)40-42(45)47-38-36-34-32-30-28-26-24-22-20-18-16-14-12-10-8-6-2/h19-22H,5-18,23-40H2,1-4H3/q+1. The Morgan fingerprint density at radius 2 is 0.660 bits per heavy atom.